The van der Waals surface area contributed by atoms with Crippen LogP contribution in [0, 0.1) is 10.1 Å². The average molecular weight is 364 g/mol. The fourth-order valence-corrected chi connectivity index (χ4v) is 3.66. The molecule has 1 N–H and O–H groups in total. The Hall–Kier alpha value is -2.39. The number of methoxy groups -OCH3 is 2. The Kier molecular flexibility index (Phi) is 5.58. The molecule has 9 nitrogen and oxygen atoms in total. The van der Waals surface area contributed by atoms with Gasteiger partial charge in [-0.1, -0.05) is 0 Å². The van der Waals surface area contributed by atoms with Crippen LogP contribution in [0.15, 0.2) is 12.1 Å². The molecule has 0 aromatic heterocycles. The molecular formula is C17H24N4O5. The Morgan fingerprint density at radius 1 is 1.23 bits per heavy atom. The van der Waals surface area contributed by atoms with Crippen LogP contribution >= 0.6 is 0 Å². The molecule has 2 aliphatic heterocycles. The lowest BCUT2D eigenvalue weighted by atomic mass is 10.1. The van der Waals surface area contributed by atoms with Crippen molar-refractivity contribution in [1.29, 1.82) is 0 Å². The normalized spacial score (nSPS) is 20.8. The maximum atomic E-state index is 12.9. The molecule has 0 saturated carbocycles. The van der Waals surface area contributed by atoms with Crippen molar-refractivity contribution >= 4 is 11.6 Å². The zero-order chi connectivity index (χ0) is 18.7. The maximum Gasteiger partial charge on any atom is 0.315 e. The molecule has 0 aliphatic carbocycles. The number of carbonyl (C=O) groups excluding carboxylic acids is 1. The molecule has 0 spiro atoms. The molecule has 1 atom stereocenters. The number of nitro groups is 1. The van der Waals surface area contributed by atoms with E-state index in [0.29, 0.717) is 19.1 Å². The van der Waals surface area contributed by atoms with Gasteiger partial charge in [0.25, 0.3) is 5.91 Å². The number of nitrogens with one attached hydrogen (secondary N) is 1. The summed E-state index contributed by atoms with van der Waals surface area (Å²) in [5.41, 5.74) is -0.0247. The Balaban J connectivity index is 1.79. The molecule has 2 heterocycles. The van der Waals surface area contributed by atoms with Gasteiger partial charge in [-0.25, -0.2) is 0 Å². The Morgan fingerprint density at radius 3 is 2.58 bits per heavy atom. The quantitative estimate of drug-likeness (QED) is 0.608. The smallest absolute Gasteiger partial charge is 0.315 e. The van der Waals surface area contributed by atoms with Crippen LogP contribution in [0.25, 0.3) is 0 Å². The molecule has 0 radical (unpaired) electrons. The zero-order valence-corrected chi connectivity index (χ0v) is 15.1. The van der Waals surface area contributed by atoms with E-state index in [1.54, 1.807) is 4.90 Å². The van der Waals surface area contributed by atoms with Crippen LogP contribution in [-0.4, -0.2) is 80.2 Å². The van der Waals surface area contributed by atoms with E-state index in [4.69, 9.17) is 9.47 Å². The van der Waals surface area contributed by atoms with Crippen molar-refractivity contribution in [2.75, 3.05) is 53.5 Å². The first-order chi connectivity index (χ1) is 12.5. The SMILES string of the molecule is COc1cc(C(=O)N2CCC(N3CCNCC3)C2)cc([N+](=O)[O-])c1OC. The van der Waals surface area contributed by atoms with Gasteiger partial charge in [-0.2, -0.15) is 0 Å². The van der Waals surface area contributed by atoms with Gasteiger partial charge >= 0.3 is 5.69 Å². The lowest BCUT2D eigenvalue weighted by Gasteiger charge is -2.32. The first-order valence-corrected chi connectivity index (χ1v) is 8.69. The van der Waals surface area contributed by atoms with E-state index in [9.17, 15) is 14.9 Å². The van der Waals surface area contributed by atoms with Crippen molar-refractivity contribution in [3.05, 3.63) is 27.8 Å². The Labute approximate surface area is 152 Å². The van der Waals surface area contributed by atoms with Crippen LogP contribution in [0.3, 0.4) is 0 Å². The third-order valence-electron chi connectivity index (χ3n) is 5.02. The number of nitrogens with zero attached hydrogens (tertiary/aromatic N) is 3. The number of piperazine rings is 1. The topological polar surface area (TPSA) is 97.2 Å². The summed E-state index contributed by atoms with van der Waals surface area (Å²) in [6, 6.07) is 3.12. The number of hydrogen-bond acceptors (Lipinski definition) is 7. The number of hydrogen-bond donors (Lipinski definition) is 1. The van der Waals surface area contributed by atoms with Gasteiger partial charge in [0.15, 0.2) is 5.75 Å². The highest BCUT2D eigenvalue weighted by Gasteiger charge is 2.33. The molecule has 2 saturated heterocycles. The summed E-state index contributed by atoms with van der Waals surface area (Å²) < 4.78 is 10.3. The van der Waals surface area contributed by atoms with Gasteiger partial charge < -0.3 is 19.7 Å². The van der Waals surface area contributed by atoms with E-state index in [2.05, 4.69) is 10.2 Å². The van der Waals surface area contributed by atoms with Crippen LogP contribution in [-0.2, 0) is 0 Å². The zero-order valence-electron chi connectivity index (χ0n) is 15.1. The first kappa shape index (κ1) is 18.4. The van der Waals surface area contributed by atoms with Crippen LogP contribution in [0.2, 0.25) is 0 Å². The maximum absolute atomic E-state index is 12.9. The van der Waals surface area contributed by atoms with E-state index in [0.717, 1.165) is 32.6 Å². The summed E-state index contributed by atoms with van der Waals surface area (Å²) in [6.45, 7) is 5.18. The summed E-state index contributed by atoms with van der Waals surface area (Å²) in [6.07, 6.45) is 0.918. The minimum Gasteiger partial charge on any atom is -0.493 e. The lowest BCUT2D eigenvalue weighted by molar-refractivity contribution is -0.385. The van der Waals surface area contributed by atoms with E-state index in [1.807, 2.05) is 0 Å². The largest absolute Gasteiger partial charge is 0.493 e. The van der Waals surface area contributed by atoms with Crippen molar-refractivity contribution in [3.63, 3.8) is 0 Å². The molecule has 142 valence electrons. The number of ether oxygens (including phenoxy) is 2. The predicted molar refractivity (Wildman–Crippen MR) is 95.0 cm³/mol. The van der Waals surface area contributed by atoms with E-state index >= 15 is 0 Å². The number of likely N-dealkylation sites (tertiary alicyclic amines) is 1. The second-order valence-corrected chi connectivity index (χ2v) is 6.47. The summed E-state index contributed by atoms with van der Waals surface area (Å²) >= 11 is 0. The molecule has 26 heavy (non-hydrogen) atoms. The molecule has 1 aromatic rings. The minimum absolute atomic E-state index is 0.0224. The third kappa shape index (κ3) is 3.58. The van der Waals surface area contributed by atoms with Crippen molar-refractivity contribution in [3.8, 4) is 11.5 Å². The van der Waals surface area contributed by atoms with Crippen LogP contribution in [0.5, 0.6) is 11.5 Å². The van der Waals surface area contributed by atoms with Gasteiger partial charge in [0, 0.05) is 51.4 Å². The first-order valence-electron chi connectivity index (χ1n) is 8.69. The fourth-order valence-electron chi connectivity index (χ4n) is 3.66. The number of rotatable bonds is 5. The number of benzene rings is 1. The number of nitro benzene ring substituents is 1. The van der Waals surface area contributed by atoms with Crippen molar-refractivity contribution in [1.82, 2.24) is 15.1 Å². The van der Waals surface area contributed by atoms with Crippen molar-refractivity contribution < 1.29 is 19.2 Å². The molecule has 2 fully saturated rings. The van der Waals surface area contributed by atoms with Crippen LogP contribution in [0.4, 0.5) is 5.69 Å². The second kappa shape index (κ2) is 7.88. The summed E-state index contributed by atoms with van der Waals surface area (Å²) in [7, 11) is 2.73. The number of carbonyl (C=O) groups is 1. The molecule has 0 bridgehead atoms. The monoisotopic (exact) mass is 364 g/mol. The predicted octanol–water partition coefficient (Wildman–Crippen LogP) is 0.732. The standard InChI is InChI=1S/C17H24N4O5/c1-25-15-10-12(9-14(21(23)24)16(15)26-2)17(22)20-6-3-13(11-20)19-7-4-18-5-8-19/h9-10,13,18H,3-8,11H2,1-2H3. The van der Waals surface area contributed by atoms with E-state index in [1.165, 1.54) is 26.4 Å². The third-order valence-corrected chi connectivity index (χ3v) is 5.02. The summed E-state index contributed by atoms with van der Waals surface area (Å²) in [5, 5.41) is 14.7. The van der Waals surface area contributed by atoms with E-state index in [-0.39, 0.29) is 28.7 Å². The van der Waals surface area contributed by atoms with Crippen molar-refractivity contribution in [2.24, 2.45) is 0 Å². The van der Waals surface area contributed by atoms with Gasteiger partial charge in [0.1, 0.15) is 0 Å². The Morgan fingerprint density at radius 2 is 1.96 bits per heavy atom. The summed E-state index contributed by atoms with van der Waals surface area (Å²) in [4.78, 5) is 27.8. The molecule has 1 unspecified atom stereocenters. The molecule has 9 heteroatoms. The molecule has 1 aromatic carbocycles. The molecular weight excluding hydrogens is 340 g/mol. The minimum atomic E-state index is -0.564. The van der Waals surface area contributed by atoms with Gasteiger partial charge in [-0.05, 0) is 12.5 Å². The van der Waals surface area contributed by atoms with Crippen LogP contribution < -0.4 is 14.8 Å². The van der Waals surface area contributed by atoms with Crippen LogP contribution in [0.1, 0.15) is 16.8 Å². The summed E-state index contributed by atoms with van der Waals surface area (Å²) in [5.74, 6) is -0.0104. The highest BCUT2D eigenvalue weighted by molar-refractivity contribution is 5.96. The van der Waals surface area contributed by atoms with Gasteiger partial charge in [0.2, 0.25) is 5.75 Å². The number of amides is 1. The second-order valence-electron chi connectivity index (χ2n) is 6.47. The highest BCUT2D eigenvalue weighted by Crippen LogP contribution is 2.38. The Bertz CT molecular complexity index is 690. The van der Waals surface area contributed by atoms with E-state index < -0.39 is 4.92 Å². The fraction of sp³-hybridized carbons (Fsp3) is 0.588. The average Bonchev–Trinajstić information content (AvgIpc) is 3.17. The molecule has 1 amide bonds. The molecule has 2 aliphatic rings. The van der Waals surface area contributed by atoms with Gasteiger partial charge in [-0.15, -0.1) is 0 Å². The van der Waals surface area contributed by atoms with Crippen molar-refractivity contribution in [2.45, 2.75) is 12.5 Å². The van der Waals surface area contributed by atoms with Gasteiger partial charge in [-0.3, -0.25) is 19.8 Å². The highest BCUT2D eigenvalue weighted by atomic mass is 16.6. The molecule has 3 rings (SSSR count). The lowest BCUT2D eigenvalue weighted by Crippen LogP contribution is -2.49. The van der Waals surface area contributed by atoms with Gasteiger partial charge in [0.05, 0.1) is 24.7 Å².